The van der Waals surface area contributed by atoms with Crippen molar-refractivity contribution in [3.63, 3.8) is 0 Å². The van der Waals surface area contributed by atoms with Crippen LogP contribution in [0.15, 0.2) is 0 Å². The second-order valence-electron chi connectivity index (χ2n) is 2.35. The second kappa shape index (κ2) is 8.33. The van der Waals surface area contributed by atoms with Gasteiger partial charge in [-0.1, -0.05) is 13.3 Å². The van der Waals surface area contributed by atoms with Crippen LogP contribution in [0.3, 0.4) is 0 Å². The van der Waals surface area contributed by atoms with E-state index in [0.717, 1.165) is 19.4 Å². The lowest BCUT2D eigenvalue weighted by Gasteiger charge is -2.04. The molecule has 0 aromatic carbocycles. The highest BCUT2D eigenvalue weighted by Crippen LogP contribution is 1.87. The third-order valence-electron chi connectivity index (χ3n) is 1.31. The molecule has 72 valence electrons. The number of rotatable bonds is 6. The smallest absolute Gasteiger partial charge is 0.406 e. The van der Waals surface area contributed by atoms with Crippen molar-refractivity contribution in [1.29, 1.82) is 0 Å². The fourth-order valence-corrected chi connectivity index (χ4v) is 0.614. The first kappa shape index (κ1) is 11.2. The molecule has 1 amide bonds. The normalized spacial score (nSPS) is 9.50. The Hall–Kier alpha value is -0.770. The summed E-state index contributed by atoms with van der Waals surface area (Å²) in [7, 11) is 1.53. The van der Waals surface area contributed by atoms with Gasteiger partial charge in [0.1, 0.15) is 6.61 Å². The van der Waals surface area contributed by atoms with Gasteiger partial charge in [0.25, 0.3) is 0 Å². The predicted octanol–water partition coefficient (Wildman–Crippen LogP) is 1.16. The third kappa shape index (κ3) is 7.34. The highest BCUT2D eigenvalue weighted by atomic mass is 16.6. The molecule has 0 aromatic rings. The Morgan fingerprint density at radius 1 is 1.33 bits per heavy atom. The molecule has 4 nitrogen and oxygen atoms in total. The molecule has 0 aliphatic rings. The first-order valence-electron chi connectivity index (χ1n) is 4.23. The molecule has 0 radical (unpaired) electrons. The predicted molar refractivity (Wildman–Crippen MR) is 46.1 cm³/mol. The molecule has 0 aromatic heterocycles. The van der Waals surface area contributed by atoms with Crippen LogP contribution in [0.25, 0.3) is 0 Å². The molecule has 0 spiro atoms. The van der Waals surface area contributed by atoms with Crippen molar-refractivity contribution in [3.05, 3.63) is 0 Å². The number of ether oxygens (including phenoxy) is 2. The Kier molecular flexibility index (Phi) is 7.79. The number of carbonyl (C=O) groups is 1. The Morgan fingerprint density at radius 2 is 2.08 bits per heavy atom. The molecule has 0 atom stereocenters. The van der Waals surface area contributed by atoms with Gasteiger partial charge in [-0.25, -0.2) is 4.79 Å². The van der Waals surface area contributed by atoms with E-state index in [-0.39, 0.29) is 0 Å². The highest BCUT2D eigenvalue weighted by molar-refractivity contribution is 5.66. The van der Waals surface area contributed by atoms with E-state index in [0.29, 0.717) is 13.2 Å². The van der Waals surface area contributed by atoms with Crippen LogP contribution in [0.5, 0.6) is 0 Å². The van der Waals surface area contributed by atoms with Crippen LogP contribution in [-0.2, 0) is 9.47 Å². The van der Waals surface area contributed by atoms with Crippen molar-refractivity contribution in [2.45, 2.75) is 19.8 Å². The van der Waals surface area contributed by atoms with Crippen LogP contribution < -0.4 is 5.32 Å². The molecule has 1 N–H and O–H groups in total. The molecular formula is C8H17NO3. The van der Waals surface area contributed by atoms with E-state index in [1.165, 1.54) is 7.05 Å². The minimum absolute atomic E-state index is 0.323. The molecule has 0 aliphatic heterocycles. The van der Waals surface area contributed by atoms with Crippen LogP contribution in [0.2, 0.25) is 0 Å². The largest absolute Gasteiger partial charge is 0.447 e. The summed E-state index contributed by atoms with van der Waals surface area (Å²) in [4.78, 5) is 10.5. The van der Waals surface area contributed by atoms with Gasteiger partial charge < -0.3 is 14.8 Å². The van der Waals surface area contributed by atoms with Crippen molar-refractivity contribution >= 4 is 6.09 Å². The lowest BCUT2D eigenvalue weighted by Crippen LogP contribution is -2.21. The molecule has 0 bridgehead atoms. The van der Waals surface area contributed by atoms with Gasteiger partial charge in [0, 0.05) is 13.7 Å². The second-order valence-corrected chi connectivity index (χ2v) is 2.35. The summed E-state index contributed by atoms with van der Waals surface area (Å²) in [6.07, 6.45) is 1.77. The molecule has 0 rings (SSSR count). The van der Waals surface area contributed by atoms with Gasteiger partial charge in [0.2, 0.25) is 0 Å². The number of carbonyl (C=O) groups excluding carboxylic acids is 1. The van der Waals surface area contributed by atoms with Gasteiger partial charge in [-0.2, -0.15) is 0 Å². The summed E-state index contributed by atoms with van der Waals surface area (Å²) in [6, 6.07) is 0. The maximum atomic E-state index is 10.5. The van der Waals surface area contributed by atoms with Gasteiger partial charge in [0.05, 0.1) is 6.61 Å². The van der Waals surface area contributed by atoms with Crippen molar-refractivity contribution in [2.75, 3.05) is 26.9 Å². The standard InChI is InChI=1S/C8H17NO3/c1-3-4-5-11-6-7-12-8(10)9-2/h3-7H2,1-2H3,(H,9,10). The molecule has 0 aliphatic carbocycles. The molecule has 12 heavy (non-hydrogen) atoms. The summed E-state index contributed by atoms with van der Waals surface area (Å²) in [5.74, 6) is 0. The van der Waals surface area contributed by atoms with Crippen molar-refractivity contribution in [1.82, 2.24) is 5.32 Å². The third-order valence-corrected chi connectivity index (χ3v) is 1.31. The minimum Gasteiger partial charge on any atom is -0.447 e. The first-order valence-corrected chi connectivity index (χ1v) is 4.23. The average Bonchev–Trinajstić information content (AvgIpc) is 2.10. The van der Waals surface area contributed by atoms with Crippen LogP contribution in [0, 0.1) is 0 Å². The zero-order valence-electron chi connectivity index (χ0n) is 7.76. The Bertz CT molecular complexity index is 117. The highest BCUT2D eigenvalue weighted by Gasteiger charge is 1.95. The Labute approximate surface area is 73.2 Å². The number of amides is 1. The molecule has 0 saturated carbocycles. The van der Waals surface area contributed by atoms with Crippen LogP contribution in [0.1, 0.15) is 19.8 Å². The maximum Gasteiger partial charge on any atom is 0.406 e. The van der Waals surface area contributed by atoms with Gasteiger partial charge in [-0.05, 0) is 6.42 Å². The topological polar surface area (TPSA) is 47.6 Å². The van der Waals surface area contributed by atoms with E-state index in [1.807, 2.05) is 0 Å². The fourth-order valence-electron chi connectivity index (χ4n) is 0.614. The van der Waals surface area contributed by atoms with E-state index in [1.54, 1.807) is 0 Å². The summed E-state index contributed by atoms with van der Waals surface area (Å²) in [5, 5.41) is 2.35. The number of nitrogens with one attached hydrogen (secondary N) is 1. The Balaban J connectivity index is 2.95. The zero-order chi connectivity index (χ0) is 9.23. The van der Waals surface area contributed by atoms with E-state index in [2.05, 4.69) is 12.2 Å². The summed E-state index contributed by atoms with van der Waals surface area (Å²) in [6.45, 7) is 3.65. The van der Waals surface area contributed by atoms with Crippen LogP contribution in [-0.4, -0.2) is 33.0 Å². The van der Waals surface area contributed by atoms with E-state index in [9.17, 15) is 4.79 Å². The van der Waals surface area contributed by atoms with Gasteiger partial charge in [-0.3, -0.25) is 0 Å². The zero-order valence-corrected chi connectivity index (χ0v) is 7.76. The fraction of sp³-hybridized carbons (Fsp3) is 0.875. The maximum absolute atomic E-state index is 10.5. The van der Waals surface area contributed by atoms with Crippen LogP contribution in [0.4, 0.5) is 4.79 Å². The number of hydrogen-bond acceptors (Lipinski definition) is 3. The van der Waals surface area contributed by atoms with Crippen LogP contribution >= 0.6 is 0 Å². The first-order chi connectivity index (χ1) is 5.81. The van der Waals surface area contributed by atoms with Gasteiger partial charge in [0.15, 0.2) is 0 Å². The summed E-state index contributed by atoms with van der Waals surface area (Å²) < 4.78 is 9.86. The molecule has 0 heterocycles. The average molecular weight is 175 g/mol. The monoisotopic (exact) mass is 175 g/mol. The minimum atomic E-state index is -0.408. The van der Waals surface area contributed by atoms with E-state index < -0.39 is 6.09 Å². The number of alkyl carbamates (subject to hydrolysis) is 1. The molecule has 0 fully saturated rings. The van der Waals surface area contributed by atoms with E-state index >= 15 is 0 Å². The summed E-state index contributed by atoms with van der Waals surface area (Å²) in [5.41, 5.74) is 0. The number of hydrogen-bond donors (Lipinski definition) is 1. The number of unbranched alkanes of at least 4 members (excludes halogenated alkanes) is 1. The molecule has 0 saturated heterocycles. The van der Waals surface area contributed by atoms with Gasteiger partial charge >= 0.3 is 6.09 Å². The van der Waals surface area contributed by atoms with Gasteiger partial charge in [-0.15, -0.1) is 0 Å². The summed E-state index contributed by atoms with van der Waals surface area (Å²) >= 11 is 0. The quantitative estimate of drug-likeness (QED) is 0.616. The Morgan fingerprint density at radius 3 is 2.67 bits per heavy atom. The van der Waals surface area contributed by atoms with E-state index in [4.69, 9.17) is 9.47 Å². The molecule has 4 heteroatoms. The molecule has 0 unspecified atom stereocenters. The SMILES string of the molecule is CCCCOCCOC(=O)NC. The van der Waals surface area contributed by atoms with Crippen molar-refractivity contribution < 1.29 is 14.3 Å². The lowest BCUT2D eigenvalue weighted by atomic mass is 10.4. The molecular weight excluding hydrogens is 158 g/mol. The lowest BCUT2D eigenvalue weighted by molar-refractivity contribution is 0.0723. The van der Waals surface area contributed by atoms with Crippen molar-refractivity contribution in [2.24, 2.45) is 0 Å². The van der Waals surface area contributed by atoms with Crippen molar-refractivity contribution in [3.8, 4) is 0 Å².